The molecule has 4 nitrogen and oxygen atoms in total. The van der Waals surface area contributed by atoms with Crippen LogP contribution >= 0.6 is 0 Å². The fraction of sp³-hybridized carbons (Fsp3) is 0.462. The van der Waals surface area contributed by atoms with E-state index in [1.165, 1.54) is 0 Å². The Morgan fingerprint density at radius 2 is 2.18 bits per heavy atom. The maximum Gasteiger partial charge on any atom is 0.312 e. The van der Waals surface area contributed by atoms with Gasteiger partial charge in [-0.1, -0.05) is 12.1 Å². The van der Waals surface area contributed by atoms with E-state index < -0.39 is 11.4 Å². The average Bonchev–Trinajstić information content (AvgIpc) is 2.26. The number of hydrogen-bond donors (Lipinski definition) is 2. The molecule has 0 amide bonds. The standard InChI is InChI=1S/C13H19NO3/c1-9(14)10-5-4-6-11(7-10)17-8-13(2,3)12(15)16/h4-7,9H,8,14H2,1-3H3,(H,15,16)/t9-/m1/s1. The van der Waals surface area contributed by atoms with E-state index in [0.29, 0.717) is 5.75 Å². The number of carbonyl (C=O) groups is 1. The third kappa shape index (κ3) is 3.75. The number of rotatable bonds is 5. The summed E-state index contributed by atoms with van der Waals surface area (Å²) in [6.45, 7) is 5.28. The molecule has 0 fully saturated rings. The molecule has 1 rings (SSSR count). The van der Waals surface area contributed by atoms with Gasteiger partial charge in [-0.3, -0.25) is 4.79 Å². The van der Waals surface area contributed by atoms with Crippen LogP contribution in [0.4, 0.5) is 0 Å². The number of aliphatic carboxylic acids is 1. The minimum absolute atomic E-state index is 0.0639. The van der Waals surface area contributed by atoms with Gasteiger partial charge in [0, 0.05) is 6.04 Å². The minimum atomic E-state index is -0.898. The lowest BCUT2D eigenvalue weighted by Crippen LogP contribution is -2.30. The van der Waals surface area contributed by atoms with Gasteiger partial charge in [0.15, 0.2) is 0 Å². The fourth-order valence-corrected chi connectivity index (χ4v) is 1.21. The van der Waals surface area contributed by atoms with Crippen molar-refractivity contribution in [2.45, 2.75) is 26.8 Å². The van der Waals surface area contributed by atoms with Crippen LogP contribution in [0.25, 0.3) is 0 Å². The van der Waals surface area contributed by atoms with Crippen LogP contribution in [0.5, 0.6) is 5.75 Å². The summed E-state index contributed by atoms with van der Waals surface area (Å²) < 4.78 is 5.49. The molecule has 1 aromatic carbocycles. The SMILES string of the molecule is C[C@@H](N)c1cccc(OCC(C)(C)C(=O)O)c1. The summed E-state index contributed by atoms with van der Waals surface area (Å²) >= 11 is 0. The fourth-order valence-electron chi connectivity index (χ4n) is 1.21. The predicted octanol–water partition coefficient (Wildman–Crippen LogP) is 2.20. The molecule has 0 aliphatic carbocycles. The molecule has 0 unspecified atom stereocenters. The first-order chi connectivity index (χ1) is 7.83. The second kappa shape index (κ2) is 5.19. The molecule has 0 spiro atoms. The van der Waals surface area contributed by atoms with Crippen LogP contribution < -0.4 is 10.5 Å². The van der Waals surface area contributed by atoms with Crippen LogP contribution in [0.2, 0.25) is 0 Å². The summed E-state index contributed by atoms with van der Waals surface area (Å²) in [6.07, 6.45) is 0. The Kier molecular flexibility index (Phi) is 4.12. The Bertz CT molecular complexity index is 399. The zero-order valence-corrected chi connectivity index (χ0v) is 10.4. The first kappa shape index (κ1) is 13.5. The number of carboxylic acids is 1. The monoisotopic (exact) mass is 237 g/mol. The summed E-state index contributed by atoms with van der Waals surface area (Å²) in [5.41, 5.74) is 5.83. The van der Waals surface area contributed by atoms with Gasteiger partial charge < -0.3 is 15.6 Å². The van der Waals surface area contributed by atoms with E-state index in [1.54, 1.807) is 19.9 Å². The van der Waals surface area contributed by atoms with Crippen LogP contribution in [-0.4, -0.2) is 17.7 Å². The quantitative estimate of drug-likeness (QED) is 0.823. The molecule has 0 aliphatic rings. The predicted molar refractivity (Wildman–Crippen MR) is 66.0 cm³/mol. The van der Waals surface area contributed by atoms with Crippen LogP contribution in [0.3, 0.4) is 0 Å². The molecule has 0 radical (unpaired) electrons. The molecule has 4 heteroatoms. The number of hydrogen-bond acceptors (Lipinski definition) is 3. The highest BCUT2D eigenvalue weighted by Gasteiger charge is 2.28. The van der Waals surface area contributed by atoms with Crippen LogP contribution in [-0.2, 0) is 4.79 Å². The Hall–Kier alpha value is -1.55. The van der Waals surface area contributed by atoms with Crippen LogP contribution in [0.1, 0.15) is 32.4 Å². The molecular weight excluding hydrogens is 218 g/mol. The Balaban J connectivity index is 2.70. The van der Waals surface area contributed by atoms with Gasteiger partial charge in [-0.05, 0) is 38.5 Å². The maximum absolute atomic E-state index is 10.9. The van der Waals surface area contributed by atoms with Gasteiger partial charge in [-0.25, -0.2) is 0 Å². The normalized spacial score (nSPS) is 13.2. The molecule has 3 N–H and O–H groups in total. The van der Waals surface area contributed by atoms with Gasteiger partial charge in [-0.15, -0.1) is 0 Å². The van der Waals surface area contributed by atoms with E-state index in [0.717, 1.165) is 5.56 Å². The lowest BCUT2D eigenvalue weighted by Gasteiger charge is -2.20. The van der Waals surface area contributed by atoms with Crippen LogP contribution in [0, 0.1) is 5.41 Å². The number of carboxylic acid groups (broad SMARTS) is 1. The van der Waals surface area contributed by atoms with Crippen molar-refractivity contribution < 1.29 is 14.6 Å². The Morgan fingerprint density at radius 3 is 2.71 bits per heavy atom. The third-order valence-electron chi connectivity index (χ3n) is 2.56. The first-order valence-corrected chi connectivity index (χ1v) is 5.54. The summed E-state index contributed by atoms with van der Waals surface area (Å²) in [7, 11) is 0. The molecule has 0 aromatic heterocycles. The maximum atomic E-state index is 10.9. The van der Waals surface area contributed by atoms with E-state index in [2.05, 4.69) is 0 Å². The molecule has 0 saturated carbocycles. The molecule has 0 heterocycles. The number of benzene rings is 1. The average molecular weight is 237 g/mol. The van der Waals surface area contributed by atoms with Gasteiger partial charge in [0.2, 0.25) is 0 Å². The van der Waals surface area contributed by atoms with E-state index in [9.17, 15) is 4.79 Å². The smallest absolute Gasteiger partial charge is 0.312 e. The van der Waals surface area contributed by atoms with Crippen molar-refractivity contribution in [1.82, 2.24) is 0 Å². The van der Waals surface area contributed by atoms with E-state index in [1.807, 2.05) is 25.1 Å². The Morgan fingerprint density at radius 1 is 1.53 bits per heavy atom. The van der Waals surface area contributed by atoms with E-state index in [4.69, 9.17) is 15.6 Å². The first-order valence-electron chi connectivity index (χ1n) is 5.54. The van der Waals surface area contributed by atoms with Gasteiger partial charge >= 0.3 is 5.97 Å². The lowest BCUT2D eigenvalue weighted by molar-refractivity contribution is -0.148. The van der Waals surface area contributed by atoms with Crippen molar-refractivity contribution in [3.8, 4) is 5.75 Å². The van der Waals surface area contributed by atoms with Gasteiger partial charge in [-0.2, -0.15) is 0 Å². The van der Waals surface area contributed by atoms with E-state index in [-0.39, 0.29) is 12.6 Å². The van der Waals surface area contributed by atoms with Crippen molar-refractivity contribution >= 4 is 5.97 Å². The zero-order chi connectivity index (χ0) is 13.1. The van der Waals surface area contributed by atoms with Crippen molar-refractivity contribution in [3.63, 3.8) is 0 Å². The van der Waals surface area contributed by atoms with Gasteiger partial charge in [0.1, 0.15) is 12.4 Å². The third-order valence-corrected chi connectivity index (χ3v) is 2.56. The van der Waals surface area contributed by atoms with Crippen molar-refractivity contribution in [3.05, 3.63) is 29.8 Å². The van der Waals surface area contributed by atoms with E-state index >= 15 is 0 Å². The largest absolute Gasteiger partial charge is 0.492 e. The van der Waals surface area contributed by atoms with Gasteiger partial charge in [0.05, 0.1) is 5.41 Å². The number of ether oxygens (including phenoxy) is 1. The zero-order valence-electron chi connectivity index (χ0n) is 10.4. The molecule has 0 aliphatic heterocycles. The summed E-state index contributed by atoms with van der Waals surface area (Å²) in [5.74, 6) is -0.227. The molecule has 1 aromatic rings. The molecule has 0 bridgehead atoms. The second-order valence-electron chi connectivity index (χ2n) is 4.84. The summed E-state index contributed by atoms with van der Waals surface area (Å²) in [6, 6.07) is 7.33. The highest BCUT2D eigenvalue weighted by atomic mass is 16.5. The topological polar surface area (TPSA) is 72.5 Å². The highest BCUT2D eigenvalue weighted by molar-refractivity contribution is 5.73. The van der Waals surface area contributed by atoms with Crippen molar-refractivity contribution in [2.24, 2.45) is 11.1 Å². The summed E-state index contributed by atoms with van der Waals surface area (Å²) in [5, 5.41) is 8.96. The lowest BCUT2D eigenvalue weighted by atomic mass is 9.95. The van der Waals surface area contributed by atoms with Gasteiger partial charge in [0.25, 0.3) is 0 Å². The Labute approximate surface area is 101 Å². The molecular formula is C13H19NO3. The van der Waals surface area contributed by atoms with Crippen molar-refractivity contribution in [2.75, 3.05) is 6.61 Å². The minimum Gasteiger partial charge on any atom is -0.492 e. The van der Waals surface area contributed by atoms with Crippen LogP contribution in [0.15, 0.2) is 24.3 Å². The molecule has 17 heavy (non-hydrogen) atoms. The summed E-state index contributed by atoms with van der Waals surface area (Å²) in [4.78, 5) is 10.9. The molecule has 0 saturated heterocycles. The van der Waals surface area contributed by atoms with Crippen molar-refractivity contribution in [1.29, 1.82) is 0 Å². The highest BCUT2D eigenvalue weighted by Crippen LogP contribution is 2.21. The number of nitrogens with two attached hydrogens (primary N) is 1. The second-order valence-corrected chi connectivity index (χ2v) is 4.84. The molecule has 1 atom stereocenters. The molecule has 94 valence electrons.